The van der Waals surface area contributed by atoms with Crippen molar-refractivity contribution < 1.29 is 0 Å². The lowest BCUT2D eigenvalue weighted by Gasteiger charge is -2.24. The molecule has 5 heteroatoms. The van der Waals surface area contributed by atoms with Crippen molar-refractivity contribution in [2.75, 3.05) is 5.32 Å². The van der Waals surface area contributed by atoms with Crippen LogP contribution in [0.5, 0.6) is 0 Å². The summed E-state index contributed by atoms with van der Waals surface area (Å²) < 4.78 is 1.90. The maximum atomic E-state index is 13.2. The Morgan fingerprint density at radius 2 is 1.96 bits per heavy atom. The van der Waals surface area contributed by atoms with Crippen LogP contribution in [-0.2, 0) is 19.4 Å². The Hall–Kier alpha value is -1.36. The number of aryl methyl sites for hydroxylation is 2. The number of aromatic nitrogens is 2. The molecular weight excluding hydrogens is 318 g/mol. The zero-order valence-corrected chi connectivity index (χ0v) is 15.4. The van der Waals surface area contributed by atoms with Gasteiger partial charge in [0.2, 0.25) is 5.95 Å². The molecule has 4 rings (SSSR count). The van der Waals surface area contributed by atoms with E-state index in [1.807, 2.05) is 4.57 Å². The monoisotopic (exact) mass is 345 g/mol. The molecule has 0 aliphatic heterocycles. The van der Waals surface area contributed by atoms with E-state index >= 15 is 0 Å². The third-order valence-corrected chi connectivity index (χ3v) is 6.65. The largest absolute Gasteiger partial charge is 0.353 e. The van der Waals surface area contributed by atoms with Crippen molar-refractivity contribution >= 4 is 27.5 Å². The molecule has 2 aromatic heterocycles. The molecule has 4 nitrogen and oxygen atoms in total. The minimum atomic E-state index is 0.180. The first kappa shape index (κ1) is 16.1. The third kappa shape index (κ3) is 2.87. The van der Waals surface area contributed by atoms with Crippen LogP contribution in [0.4, 0.5) is 5.95 Å². The Labute approximate surface area is 147 Å². The summed E-state index contributed by atoms with van der Waals surface area (Å²) in [7, 11) is 0. The van der Waals surface area contributed by atoms with Gasteiger partial charge in [0.15, 0.2) is 0 Å². The topological polar surface area (TPSA) is 46.9 Å². The van der Waals surface area contributed by atoms with Gasteiger partial charge in [0.05, 0.1) is 5.39 Å². The van der Waals surface area contributed by atoms with E-state index in [1.54, 1.807) is 11.3 Å². The molecule has 0 aromatic carbocycles. The smallest absolute Gasteiger partial charge is 0.263 e. The Bertz CT molecular complexity index is 786. The number of nitrogens with one attached hydrogen (secondary N) is 1. The van der Waals surface area contributed by atoms with Gasteiger partial charge >= 0.3 is 0 Å². The second kappa shape index (κ2) is 6.87. The quantitative estimate of drug-likeness (QED) is 0.888. The minimum absolute atomic E-state index is 0.180. The van der Waals surface area contributed by atoms with Gasteiger partial charge in [-0.3, -0.25) is 9.36 Å². The summed E-state index contributed by atoms with van der Waals surface area (Å²) in [5.41, 5.74) is 1.48. The second-order valence-corrected chi connectivity index (χ2v) is 8.35. The molecule has 1 N–H and O–H groups in total. The molecule has 0 spiro atoms. The molecule has 0 unspecified atom stereocenters. The van der Waals surface area contributed by atoms with Crippen molar-refractivity contribution in [2.45, 2.75) is 83.7 Å². The van der Waals surface area contributed by atoms with Gasteiger partial charge in [0.1, 0.15) is 4.83 Å². The fourth-order valence-electron chi connectivity index (χ4n) is 4.21. The van der Waals surface area contributed by atoms with Crippen LogP contribution < -0.4 is 10.9 Å². The lowest BCUT2D eigenvalue weighted by molar-refractivity contribution is 0.457. The molecule has 130 valence electrons. The van der Waals surface area contributed by atoms with Crippen molar-refractivity contribution in [3.05, 3.63) is 20.8 Å². The van der Waals surface area contributed by atoms with Crippen molar-refractivity contribution in [1.29, 1.82) is 0 Å². The molecule has 1 saturated carbocycles. The van der Waals surface area contributed by atoms with Gasteiger partial charge in [-0.05, 0) is 50.5 Å². The van der Waals surface area contributed by atoms with E-state index in [-0.39, 0.29) is 5.56 Å². The summed E-state index contributed by atoms with van der Waals surface area (Å²) in [6.07, 6.45) is 11.9. The maximum absolute atomic E-state index is 13.2. The second-order valence-electron chi connectivity index (χ2n) is 7.26. The summed E-state index contributed by atoms with van der Waals surface area (Å²) >= 11 is 1.75. The SMILES string of the molecule is CCCn1c(NC2CCCCC2)nc2sc3c(c2c1=O)CCCC3. The van der Waals surface area contributed by atoms with Crippen LogP contribution in [-0.4, -0.2) is 15.6 Å². The number of fused-ring (bicyclic) bond motifs is 3. The summed E-state index contributed by atoms with van der Waals surface area (Å²) in [6.45, 7) is 2.88. The average Bonchev–Trinajstić information content (AvgIpc) is 2.97. The molecule has 0 radical (unpaired) electrons. The summed E-state index contributed by atoms with van der Waals surface area (Å²) in [4.78, 5) is 20.5. The number of anilines is 1. The van der Waals surface area contributed by atoms with Gasteiger partial charge in [-0.15, -0.1) is 11.3 Å². The van der Waals surface area contributed by atoms with Crippen molar-refractivity contribution in [3.8, 4) is 0 Å². The van der Waals surface area contributed by atoms with Gasteiger partial charge in [-0.25, -0.2) is 4.98 Å². The van der Waals surface area contributed by atoms with E-state index in [0.717, 1.165) is 42.0 Å². The van der Waals surface area contributed by atoms with Gasteiger partial charge in [0, 0.05) is 17.5 Å². The zero-order valence-electron chi connectivity index (χ0n) is 14.6. The average molecular weight is 346 g/mol. The molecule has 0 saturated heterocycles. The molecule has 1 fully saturated rings. The first-order chi connectivity index (χ1) is 11.8. The highest BCUT2D eigenvalue weighted by atomic mass is 32.1. The van der Waals surface area contributed by atoms with E-state index in [1.165, 1.54) is 55.4 Å². The predicted octanol–water partition coefficient (Wildman–Crippen LogP) is 4.49. The van der Waals surface area contributed by atoms with Gasteiger partial charge < -0.3 is 5.32 Å². The van der Waals surface area contributed by atoms with Crippen LogP contribution in [0.2, 0.25) is 0 Å². The van der Waals surface area contributed by atoms with Crippen LogP contribution in [0, 0.1) is 0 Å². The highest BCUT2D eigenvalue weighted by Gasteiger charge is 2.23. The lowest BCUT2D eigenvalue weighted by Crippen LogP contribution is -2.30. The fourth-order valence-corrected chi connectivity index (χ4v) is 5.46. The number of hydrogen-bond donors (Lipinski definition) is 1. The lowest BCUT2D eigenvalue weighted by atomic mass is 9.96. The van der Waals surface area contributed by atoms with Crippen LogP contribution >= 0.6 is 11.3 Å². The number of thiophene rings is 1. The van der Waals surface area contributed by atoms with E-state index in [2.05, 4.69) is 12.2 Å². The highest BCUT2D eigenvalue weighted by Crippen LogP contribution is 2.34. The van der Waals surface area contributed by atoms with Crippen molar-refractivity contribution in [2.24, 2.45) is 0 Å². The maximum Gasteiger partial charge on any atom is 0.263 e. The van der Waals surface area contributed by atoms with Crippen LogP contribution in [0.25, 0.3) is 10.2 Å². The van der Waals surface area contributed by atoms with E-state index in [0.29, 0.717) is 6.04 Å². The van der Waals surface area contributed by atoms with E-state index in [9.17, 15) is 4.79 Å². The first-order valence-electron chi connectivity index (χ1n) is 9.59. The molecule has 24 heavy (non-hydrogen) atoms. The molecule has 0 amide bonds. The molecule has 0 atom stereocenters. The van der Waals surface area contributed by atoms with Crippen LogP contribution in [0.1, 0.15) is 68.7 Å². The molecule has 2 aliphatic carbocycles. The molecule has 2 aliphatic rings. The normalized spacial score (nSPS) is 18.7. The number of nitrogens with zero attached hydrogens (tertiary/aromatic N) is 2. The van der Waals surface area contributed by atoms with E-state index < -0.39 is 0 Å². The summed E-state index contributed by atoms with van der Waals surface area (Å²) in [5.74, 6) is 0.805. The van der Waals surface area contributed by atoms with Gasteiger partial charge in [-0.1, -0.05) is 26.2 Å². The summed E-state index contributed by atoms with van der Waals surface area (Å²) in [5, 5.41) is 4.52. The van der Waals surface area contributed by atoms with Gasteiger partial charge in [0.25, 0.3) is 5.56 Å². The van der Waals surface area contributed by atoms with Crippen molar-refractivity contribution in [1.82, 2.24) is 9.55 Å². The Morgan fingerprint density at radius 3 is 2.75 bits per heavy atom. The highest BCUT2D eigenvalue weighted by molar-refractivity contribution is 7.18. The number of hydrogen-bond acceptors (Lipinski definition) is 4. The zero-order chi connectivity index (χ0) is 16.5. The molecule has 0 bridgehead atoms. The van der Waals surface area contributed by atoms with E-state index in [4.69, 9.17) is 4.98 Å². The van der Waals surface area contributed by atoms with Crippen molar-refractivity contribution in [3.63, 3.8) is 0 Å². The Morgan fingerprint density at radius 1 is 1.17 bits per heavy atom. The molecular formula is C19H27N3OS. The standard InChI is InChI=1S/C19H27N3OS/c1-2-12-22-18(23)16-14-10-6-7-11-15(14)24-17(16)21-19(22)20-13-8-4-3-5-9-13/h13H,2-12H2,1H3,(H,20,21). The van der Waals surface area contributed by atoms with Crippen LogP contribution in [0.3, 0.4) is 0 Å². The predicted molar refractivity (Wildman–Crippen MR) is 101 cm³/mol. The minimum Gasteiger partial charge on any atom is -0.353 e. The fraction of sp³-hybridized carbons (Fsp3) is 0.684. The summed E-state index contributed by atoms with van der Waals surface area (Å²) in [6, 6.07) is 0.473. The van der Waals surface area contributed by atoms with Gasteiger partial charge in [-0.2, -0.15) is 0 Å². The molecule has 2 heterocycles. The molecule has 2 aromatic rings. The first-order valence-corrected chi connectivity index (χ1v) is 10.4. The third-order valence-electron chi connectivity index (χ3n) is 5.46. The van der Waals surface area contributed by atoms with Crippen LogP contribution in [0.15, 0.2) is 4.79 Å². The number of rotatable bonds is 4. The Kier molecular flexibility index (Phi) is 4.61. The Balaban J connectivity index is 1.79.